The van der Waals surface area contributed by atoms with Gasteiger partial charge in [0.05, 0.1) is 11.8 Å². The highest BCUT2D eigenvalue weighted by Crippen LogP contribution is 2.38. The minimum atomic E-state index is -0.674. The highest BCUT2D eigenvalue weighted by Gasteiger charge is 2.31. The molecule has 1 saturated heterocycles. The van der Waals surface area contributed by atoms with E-state index >= 15 is 0 Å². The van der Waals surface area contributed by atoms with Crippen molar-refractivity contribution in [1.29, 1.82) is 0 Å². The van der Waals surface area contributed by atoms with Gasteiger partial charge in [0, 0.05) is 31.8 Å². The van der Waals surface area contributed by atoms with Crippen molar-refractivity contribution in [3.63, 3.8) is 0 Å². The molecule has 25 heavy (non-hydrogen) atoms. The van der Waals surface area contributed by atoms with Crippen molar-refractivity contribution in [3.05, 3.63) is 23.3 Å². The van der Waals surface area contributed by atoms with Crippen molar-refractivity contribution in [2.24, 2.45) is 0 Å². The van der Waals surface area contributed by atoms with Crippen LogP contribution in [-0.2, 0) is 32.0 Å². The summed E-state index contributed by atoms with van der Waals surface area (Å²) >= 11 is 0. The van der Waals surface area contributed by atoms with Gasteiger partial charge in [0.1, 0.15) is 0 Å². The second-order valence-corrected chi connectivity index (χ2v) is 6.74. The largest absolute Gasteiger partial charge is 0.376 e. The van der Waals surface area contributed by atoms with E-state index in [2.05, 4.69) is 10.6 Å². The molecule has 7 heteroatoms. The zero-order chi connectivity index (χ0) is 17.4. The van der Waals surface area contributed by atoms with E-state index in [1.54, 1.807) is 0 Å². The van der Waals surface area contributed by atoms with Crippen LogP contribution in [0.2, 0.25) is 0 Å². The second kappa shape index (κ2) is 6.48. The SMILES string of the molecule is O=C(NC[C@@H]1CCCO1)C(=O)Nc1cc2c3c(c1)CCN3C(=O)CC2. The molecule has 0 spiro atoms. The van der Waals surface area contributed by atoms with Crippen LogP contribution in [0.3, 0.4) is 0 Å². The minimum absolute atomic E-state index is 0.00438. The van der Waals surface area contributed by atoms with Gasteiger partial charge >= 0.3 is 11.8 Å². The fraction of sp³-hybridized carbons (Fsp3) is 0.500. The molecule has 1 fully saturated rings. The van der Waals surface area contributed by atoms with Crippen LogP contribution in [0, 0.1) is 0 Å². The molecule has 1 atom stereocenters. The Hall–Kier alpha value is -2.41. The molecule has 1 aromatic carbocycles. The lowest BCUT2D eigenvalue weighted by atomic mass is 9.98. The molecular formula is C18H21N3O4. The first-order valence-corrected chi connectivity index (χ1v) is 8.79. The predicted octanol–water partition coefficient (Wildman–Crippen LogP) is 0.756. The lowest BCUT2D eigenvalue weighted by molar-refractivity contribution is -0.136. The van der Waals surface area contributed by atoms with E-state index in [9.17, 15) is 14.4 Å². The maximum Gasteiger partial charge on any atom is 0.313 e. The summed E-state index contributed by atoms with van der Waals surface area (Å²) in [5.41, 5.74) is 3.73. The number of carbonyl (C=O) groups excluding carboxylic acids is 3. The number of aryl methyl sites for hydroxylation is 1. The van der Waals surface area contributed by atoms with Crippen LogP contribution < -0.4 is 15.5 Å². The number of amides is 3. The lowest BCUT2D eigenvalue weighted by Crippen LogP contribution is -2.39. The summed E-state index contributed by atoms with van der Waals surface area (Å²) in [5.74, 6) is -1.16. The normalized spacial score (nSPS) is 21.2. The number of rotatable bonds is 3. The van der Waals surface area contributed by atoms with Crippen molar-refractivity contribution in [2.45, 2.75) is 38.2 Å². The molecule has 0 bridgehead atoms. The average Bonchev–Trinajstić information content (AvgIpc) is 3.26. The Balaban J connectivity index is 1.42. The van der Waals surface area contributed by atoms with Crippen molar-refractivity contribution >= 4 is 29.1 Å². The first-order valence-electron chi connectivity index (χ1n) is 8.79. The van der Waals surface area contributed by atoms with Gasteiger partial charge in [-0.1, -0.05) is 0 Å². The first kappa shape index (κ1) is 16.1. The molecular weight excluding hydrogens is 322 g/mol. The van der Waals surface area contributed by atoms with Crippen LogP contribution in [0.4, 0.5) is 11.4 Å². The molecule has 132 valence electrons. The Labute approximate surface area is 145 Å². The van der Waals surface area contributed by atoms with Crippen molar-refractivity contribution in [3.8, 4) is 0 Å². The second-order valence-electron chi connectivity index (χ2n) is 6.74. The van der Waals surface area contributed by atoms with Gasteiger partial charge in [0.15, 0.2) is 0 Å². The van der Waals surface area contributed by atoms with E-state index < -0.39 is 11.8 Å². The van der Waals surface area contributed by atoms with Crippen molar-refractivity contribution < 1.29 is 19.1 Å². The van der Waals surface area contributed by atoms with E-state index in [1.807, 2.05) is 17.0 Å². The van der Waals surface area contributed by atoms with Gasteiger partial charge in [-0.3, -0.25) is 14.4 Å². The predicted molar refractivity (Wildman–Crippen MR) is 91.4 cm³/mol. The molecule has 3 heterocycles. The van der Waals surface area contributed by atoms with E-state index in [4.69, 9.17) is 4.74 Å². The molecule has 0 unspecified atom stereocenters. The zero-order valence-electron chi connectivity index (χ0n) is 14.0. The summed E-state index contributed by atoms with van der Waals surface area (Å²) in [6.07, 6.45) is 3.85. The molecule has 3 aliphatic heterocycles. The molecule has 7 nitrogen and oxygen atoms in total. The minimum Gasteiger partial charge on any atom is -0.376 e. The molecule has 2 N–H and O–H groups in total. The lowest BCUT2D eigenvalue weighted by Gasteiger charge is -2.25. The first-order chi connectivity index (χ1) is 12.1. The third kappa shape index (κ3) is 3.11. The topological polar surface area (TPSA) is 87.7 Å². The van der Waals surface area contributed by atoms with Gasteiger partial charge in [-0.25, -0.2) is 0 Å². The highest BCUT2D eigenvalue weighted by atomic mass is 16.5. The maximum absolute atomic E-state index is 12.1. The monoisotopic (exact) mass is 343 g/mol. The van der Waals surface area contributed by atoms with Crippen LogP contribution in [-0.4, -0.2) is 43.5 Å². The molecule has 3 amide bonds. The van der Waals surface area contributed by atoms with Gasteiger partial charge in [-0.15, -0.1) is 0 Å². The number of benzene rings is 1. The van der Waals surface area contributed by atoms with Crippen LogP contribution >= 0.6 is 0 Å². The van der Waals surface area contributed by atoms with Crippen molar-refractivity contribution in [2.75, 3.05) is 29.9 Å². The Morgan fingerprint density at radius 2 is 1.96 bits per heavy atom. The van der Waals surface area contributed by atoms with Crippen LogP contribution in [0.5, 0.6) is 0 Å². The fourth-order valence-electron chi connectivity index (χ4n) is 3.81. The summed E-state index contributed by atoms with van der Waals surface area (Å²) in [6.45, 7) is 1.77. The molecule has 0 aromatic heterocycles. The molecule has 0 radical (unpaired) electrons. The van der Waals surface area contributed by atoms with Gasteiger partial charge in [0.2, 0.25) is 5.91 Å². The molecule has 4 rings (SSSR count). The number of anilines is 2. The molecule has 1 aromatic rings. The van der Waals surface area contributed by atoms with Crippen molar-refractivity contribution in [1.82, 2.24) is 5.32 Å². The van der Waals surface area contributed by atoms with Gasteiger partial charge in [0.25, 0.3) is 0 Å². The maximum atomic E-state index is 12.1. The molecule has 0 aliphatic carbocycles. The Morgan fingerprint density at radius 3 is 2.72 bits per heavy atom. The number of hydrogen-bond donors (Lipinski definition) is 2. The number of nitrogens with one attached hydrogen (secondary N) is 2. The van der Waals surface area contributed by atoms with E-state index in [-0.39, 0.29) is 12.0 Å². The number of nitrogens with zero attached hydrogens (tertiary/aromatic N) is 1. The van der Waals surface area contributed by atoms with E-state index in [1.165, 1.54) is 0 Å². The zero-order valence-corrected chi connectivity index (χ0v) is 14.0. The number of hydrogen-bond acceptors (Lipinski definition) is 4. The third-order valence-corrected chi connectivity index (χ3v) is 5.03. The smallest absolute Gasteiger partial charge is 0.313 e. The van der Waals surface area contributed by atoms with Crippen LogP contribution in [0.1, 0.15) is 30.4 Å². The average molecular weight is 343 g/mol. The number of carbonyl (C=O) groups is 3. The standard InChI is InChI=1S/C18H21N3O4/c22-15-4-3-11-8-13(9-12-5-6-21(15)16(11)12)20-18(24)17(23)19-10-14-2-1-7-25-14/h8-9,14H,1-7,10H2,(H,19,23)(H,20,24)/t14-/m0/s1. The van der Waals surface area contributed by atoms with Crippen LogP contribution in [0.15, 0.2) is 12.1 Å². The molecule has 3 aliphatic rings. The van der Waals surface area contributed by atoms with Gasteiger partial charge in [-0.05, 0) is 48.9 Å². The Kier molecular flexibility index (Phi) is 4.17. The highest BCUT2D eigenvalue weighted by molar-refractivity contribution is 6.39. The van der Waals surface area contributed by atoms with Crippen LogP contribution in [0.25, 0.3) is 0 Å². The summed E-state index contributed by atoms with van der Waals surface area (Å²) < 4.78 is 5.43. The quantitative estimate of drug-likeness (QED) is 0.793. The summed E-state index contributed by atoms with van der Waals surface area (Å²) in [6, 6.07) is 3.73. The molecule has 0 saturated carbocycles. The third-order valence-electron chi connectivity index (χ3n) is 5.03. The van der Waals surface area contributed by atoms with Gasteiger partial charge < -0.3 is 20.3 Å². The van der Waals surface area contributed by atoms with E-state index in [0.717, 1.165) is 36.1 Å². The fourth-order valence-corrected chi connectivity index (χ4v) is 3.81. The number of ether oxygens (including phenoxy) is 1. The van der Waals surface area contributed by atoms with Gasteiger partial charge in [-0.2, -0.15) is 0 Å². The van der Waals surface area contributed by atoms with E-state index in [0.29, 0.717) is 38.2 Å². The Bertz CT molecular complexity index is 740. The summed E-state index contributed by atoms with van der Waals surface area (Å²) in [5, 5.41) is 5.30. The summed E-state index contributed by atoms with van der Waals surface area (Å²) in [7, 11) is 0. The Morgan fingerprint density at radius 1 is 1.16 bits per heavy atom. The summed E-state index contributed by atoms with van der Waals surface area (Å²) in [4.78, 5) is 37.9.